The van der Waals surface area contributed by atoms with Gasteiger partial charge in [-0.05, 0) is 75.5 Å². The lowest BCUT2D eigenvalue weighted by Crippen LogP contribution is -2.51. The first-order valence-corrected chi connectivity index (χ1v) is 9.32. The van der Waals surface area contributed by atoms with E-state index in [1.165, 1.54) is 38.5 Å². The Kier molecular flexibility index (Phi) is 3.44. The summed E-state index contributed by atoms with van der Waals surface area (Å²) in [6, 6.07) is -0.0931. The van der Waals surface area contributed by atoms with Crippen molar-refractivity contribution in [1.29, 1.82) is 0 Å². The molecule has 4 fully saturated rings. The molecule has 4 nitrogen and oxygen atoms in total. The summed E-state index contributed by atoms with van der Waals surface area (Å²) in [6.45, 7) is 4.85. The Morgan fingerprint density at radius 2 is 1.77 bits per heavy atom. The molecule has 2 N–H and O–H groups in total. The van der Waals surface area contributed by atoms with Crippen molar-refractivity contribution in [3.8, 4) is 0 Å². The molecule has 2 amide bonds. The summed E-state index contributed by atoms with van der Waals surface area (Å²) in [5.41, 5.74) is 1.39. The van der Waals surface area contributed by atoms with Gasteiger partial charge in [-0.15, -0.1) is 11.3 Å². The fourth-order valence-corrected chi connectivity index (χ4v) is 6.25. The highest BCUT2D eigenvalue weighted by Gasteiger charge is 2.50. The SMILES string of the molecule is Cc1nc(NC(=O)NCC23CC4CC(CC(C4)C2)C3)sc1C. The lowest BCUT2D eigenvalue weighted by atomic mass is 9.49. The summed E-state index contributed by atoms with van der Waals surface area (Å²) in [6.07, 6.45) is 8.33. The molecule has 0 atom stereocenters. The third-order valence-electron chi connectivity index (χ3n) is 6.04. The number of carbonyl (C=O) groups excluding carboxylic acids is 1. The Balaban J connectivity index is 1.35. The van der Waals surface area contributed by atoms with Crippen molar-refractivity contribution in [1.82, 2.24) is 10.3 Å². The maximum Gasteiger partial charge on any atom is 0.321 e. The van der Waals surface area contributed by atoms with Gasteiger partial charge in [-0.1, -0.05) is 0 Å². The molecule has 1 aromatic rings. The summed E-state index contributed by atoms with van der Waals surface area (Å²) >= 11 is 1.54. The summed E-state index contributed by atoms with van der Waals surface area (Å²) < 4.78 is 0. The highest BCUT2D eigenvalue weighted by atomic mass is 32.1. The second-order valence-corrected chi connectivity index (χ2v) is 9.09. The van der Waals surface area contributed by atoms with Crippen LogP contribution >= 0.6 is 11.3 Å². The minimum absolute atomic E-state index is 0.0931. The molecule has 1 heterocycles. The number of amides is 2. The maximum absolute atomic E-state index is 12.2. The summed E-state index contributed by atoms with van der Waals surface area (Å²) in [5, 5.41) is 6.73. The number of nitrogens with zero attached hydrogens (tertiary/aromatic N) is 1. The first-order chi connectivity index (χ1) is 10.5. The van der Waals surface area contributed by atoms with Crippen LogP contribution in [-0.4, -0.2) is 17.6 Å². The third kappa shape index (κ3) is 2.64. The van der Waals surface area contributed by atoms with Crippen molar-refractivity contribution in [3.63, 3.8) is 0 Å². The largest absolute Gasteiger partial charge is 0.337 e. The van der Waals surface area contributed by atoms with E-state index >= 15 is 0 Å². The van der Waals surface area contributed by atoms with Crippen LogP contribution in [0.4, 0.5) is 9.93 Å². The van der Waals surface area contributed by atoms with Gasteiger partial charge in [0, 0.05) is 11.4 Å². The van der Waals surface area contributed by atoms with Gasteiger partial charge in [-0.2, -0.15) is 0 Å². The molecule has 0 radical (unpaired) electrons. The van der Waals surface area contributed by atoms with Crippen LogP contribution in [0.2, 0.25) is 0 Å². The highest BCUT2D eigenvalue weighted by Crippen LogP contribution is 2.59. The van der Waals surface area contributed by atoms with E-state index in [1.54, 1.807) is 11.3 Å². The fourth-order valence-electron chi connectivity index (χ4n) is 5.44. The van der Waals surface area contributed by atoms with Gasteiger partial charge in [0.15, 0.2) is 5.13 Å². The topological polar surface area (TPSA) is 54.0 Å². The normalized spacial score (nSPS) is 35.6. The van der Waals surface area contributed by atoms with E-state index in [9.17, 15) is 4.79 Å². The summed E-state index contributed by atoms with van der Waals surface area (Å²) in [4.78, 5) is 17.7. The van der Waals surface area contributed by atoms with Gasteiger partial charge in [0.05, 0.1) is 5.69 Å². The van der Waals surface area contributed by atoms with Crippen LogP contribution in [-0.2, 0) is 0 Å². The van der Waals surface area contributed by atoms with Crippen molar-refractivity contribution in [2.75, 3.05) is 11.9 Å². The van der Waals surface area contributed by atoms with E-state index in [-0.39, 0.29) is 6.03 Å². The number of urea groups is 1. The Morgan fingerprint density at radius 3 is 2.27 bits per heavy atom. The van der Waals surface area contributed by atoms with E-state index < -0.39 is 0 Å². The van der Waals surface area contributed by atoms with Crippen molar-refractivity contribution >= 4 is 22.5 Å². The molecule has 0 unspecified atom stereocenters. The van der Waals surface area contributed by atoms with Gasteiger partial charge in [0.25, 0.3) is 0 Å². The zero-order valence-electron chi connectivity index (χ0n) is 13.4. The van der Waals surface area contributed by atoms with Gasteiger partial charge in [-0.3, -0.25) is 5.32 Å². The van der Waals surface area contributed by atoms with Crippen molar-refractivity contribution in [2.24, 2.45) is 23.2 Å². The predicted molar refractivity (Wildman–Crippen MR) is 89.2 cm³/mol. The molecule has 4 aliphatic rings. The molecule has 4 aliphatic carbocycles. The second kappa shape index (κ2) is 5.22. The number of carbonyl (C=O) groups is 1. The van der Waals surface area contributed by atoms with Gasteiger partial charge in [0.2, 0.25) is 0 Å². The van der Waals surface area contributed by atoms with Crippen LogP contribution in [0.5, 0.6) is 0 Å². The third-order valence-corrected chi connectivity index (χ3v) is 7.03. The lowest BCUT2D eigenvalue weighted by molar-refractivity contribution is -0.0496. The molecule has 22 heavy (non-hydrogen) atoms. The molecule has 5 heteroatoms. The minimum atomic E-state index is -0.0931. The van der Waals surface area contributed by atoms with E-state index in [1.807, 2.05) is 13.8 Å². The number of nitrogens with one attached hydrogen (secondary N) is 2. The fraction of sp³-hybridized carbons (Fsp3) is 0.765. The Bertz CT molecular complexity index is 540. The number of thiazole rings is 1. The van der Waals surface area contributed by atoms with Crippen LogP contribution in [0.3, 0.4) is 0 Å². The van der Waals surface area contributed by atoms with E-state index in [2.05, 4.69) is 15.6 Å². The average Bonchev–Trinajstić information content (AvgIpc) is 2.73. The first kappa shape index (κ1) is 14.5. The molecular formula is C17H25N3OS. The molecule has 0 saturated heterocycles. The predicted octanol–water partition coefficient (Wildman–Crippen LogP) is 4.10. The summed E-state index contributed by atoms with van der Waals surface area (Å²) in [5.74, 6) is 2.79. The number of aryl methyl sites for hydroxylation is 2. The zero-order valence-corrected chi connectivity index (χ0v) is 14.3. The standard InChI is InChI=1S/C17H25N3OS/c1-10-11(2)22-16(19-10)20-15(21)18-9-17-6-12-3-13(7-17)5-14(4-12)8-17/h12-14H,3-9H2,1-2H3,(H2,18,19,20,21). The molecule has 4 saturated carbocycles. The molecule has 0 aromatic carbocycles. The second-order valence-electron chi connectivity index (χ2n) is 7.89. The molecule has 5 rings (SSSR count). The first-order valence-electron chi connectivity index (χ1n) is 8.50. The highest BCUT2D eigenvalue weighted by molar-refractivity contribution is 7.15. The maximum atomic E-state index is 12.2. The molecule has 0 aliphatic heterocycles. The monoisotopic (exact) mass is 319 g/mol. The number of anilines is 1. The molecule has 4 bridgehead atoms. The van der Waals surface area contributed by atoms with Crippen LogP contribution < -0.4 is 10.6 Å². The van der Waals surface area contributed by atoms with Crippen LogP contribution in [0.25, 0.3) is 0 Å². The molecule has 120 valence electrons. The van der Waals surface area contributed by atoms with E-state index in [0.29, 0.717) is 10.5 Å². The van der Waals surface area contributed by atoms with Crippen molar-refractivity contribution in [2.45, 2.75) is 52.4 Å². The number of aromatic nitrogens is 1. The Hall–Kier alpha value is -1.10. The minimum Gasteiger partial charge on any atom is -0.337 e. The lowest BCUT2D eigenvalue weighted by Gasteiger charge is -2.56. The molecule has 1 aromatic heterocycles. The number of hydrogen-bond acceptors (Lipinski definition) is 3. The Morgan fingerprint density at radius 1 is 1.18 bits per heavy atom. The van der Waals surface area contributed by atoms with E-state index in [0.717, 1.165) is 34.9 Å². The van der Waals surface area contributed by atoms with Crippen molar-refractivity contribution < 1.29 is 4.79 Å². The van der Waals surface area contributed by atoms with Gasteiger partial charge in [-0.25, -0.2) is 9.78 Å². The number of hydrogen-bond donors (Lipinski definition) is 2. The van der Waals surface area contributed by atoms with Crippen molar-refractivity contribution in [3.05, 3.63) is 10.6 Å². The van der Waals surface area contributed by atoms with Gasteiger partial charge in [0.1, 0.15) is 0 Å². The average molecular weight is 319 g/mol. The number of rotatable bonds is 3. The van der Waals surface area contributed by atoms with Crippen LogP contribution in [0.15, 0.2) is 0 Å². The summed E-state index contributed by atoms with van der Waals surface area (Å²) in [7, 11) is 0. The van der Waals surface area contributed by atoms with E-state index in [4.69, 9.17) is 0 Å². The van der Waals surface area contributed by atoms with Gasteiger partial charge >= 0.3 is 6.03 Å². The van der Waals surface area contributed by atoms with Gasteiger partial charge < -0.3 is 5.32 Å². The Labute approximate surface area is 136 Å². The van der Waals surface area contributed by atoms with Crippen LogP contribution in [0, 0.1) is 37.0 Å². The molecular weight excluding hydrogens is 294 g/mol. The zero-order chi connectivity index (χ0) is 15.3. The molecule has 0 spiro atoms. The van der Waals surface area contributed by atoms with Crippen LogP contribution in [0.1, 0.15) is 49.1 Å². The smallest absolute Gasteiger partial charge is 0.321 e. The quantitative estimate of drug-likeness (QED) is 0.881.